The van der Waals surface area contributed by atoms with Crippen LogP contribution < -0.4 is 15.8 Å². The van der Waals surface area contributed by atoms with Gasteiger partial charge in [0.25, 0.3) is 5.91 Å². The summed E-state index contributed by atoms with van der Waals surface area (Å²) in [6, 6.07) is 3.74. The van der Waals surface area contributed by atoms with Crippen LogP contribution in [0.5, 0.6) is 5.75 Å². The molecule has 4 rings (SSSR count). The number of aryl methyl sites for hydroxylation is 2. The van der Waals surface area contributed by atoms with E-state index in [1.807, 2.05) is 0 Å². The van der Waals surface area contributed by atoms with Gasteiger partial charge in [-0.15, -0.1) is 0 Å². The highest BCUT2D eigenvalue weighted by molar-refractivity contribution is 6.31. The molecular formula is C23H26ClF2N5O2. The summed E-state index contributed by atoms with van der Waals surface area (Å²) < 4.78 is 33.8. The number of hydrogen-bond donors (Lipinski definition) is 2. The van der Waals surface area contributed by atoms with E-state index in [-0.39, 0.29) is 49.4 Å². The molecule has 1 unspecified atom stereocenters. The number of nitrogens with zero attached hydrogens (tertiary/aromatic N) is 3. The van der Waals surface area contributed by atoms with Crippen molar-refractivity contribution in [3.8, 4) is 5.75 Å². The van der Waals surface area contributed by atoms with Crippen LogP contribution in [-0.2, 0) is 0 Å². The van der Waals surface area contributed by atoms with E-state index in [1.54, 1.807) is 13.8 Å². The van der Waals surface area contributed by atoms with Gasteiger partial charge in [0.05, 0.1) is 41.7 Å². The Bertz CT molecular complexity index is 1090. The summed E-state index contributed by atoms with van der Waals surface area (Å²) in [6.45, 7) is 4.95. The quantitative estimate of drug-likeness (QED) is 0.687. The average Bonchev–Trinajstić information content (AvgIpc) is 3.18. The zero-order valence-electron chi connectivity index (χ0n) is 18.5. The first-order valence-electron chi connectivity index (χ1n) is 10.8. The number of amides is 1. The van der Waals surface area contributed by atoms with Crippen molar-refractivity contribution in [2.45, 2.75) is 26.4 Å². The molecule has 176 valence electrons. The van der Waals surface area contributed by atoms with Crippen LogP contribution in [0.15, 0.2) is 23.9 Å². The van der Waals surface area contributed by atoms with E-state index >= 15 is 0 Å². The number of alkyl halides is 1. The minimum absolute atomic E-state index is 0.0649. The molecule has 0 aliphatic carbocycles. The molecule has 0 spiro atoms. The predicted molar refractivity (Wildman–Crippen MR) is 121 cm³/mol. The Balaban J connectivity index is 1.52. The molecular weight excluding hydrogens is 452 g/mol. The van der Waals surface area contributed by atoms with E-state index in [0.717, 1.165) is 6.07 Å². The normalized spacial score (nSPS) is 20.9. The fourth-order valence-corrected chi connectivity index (χ4v) is 4.15. The van der Waals surface area contributed by atoms with E-state index in [2.05, 4.69) is 15.3 Å². The molecule has 2 aromatic rings. The first-order valence-corrected chi connectivity index (χ1v) is 11.2. The highest BCUT2D eigenvalue weighted by Gasteiger charge is 2.31. The number of nitrogens with two attached hydrogens (primary N) is 1. The monoisotopic (exact) mass is 477 g/mol. The van der Waals surface area contributed by atoms with Crippen molar-refractivity contribution in [3.05, 3.63) is 57.5 Å². The average molecular weight is 478 g/mol. The van der Waals surface area contributed by atoms with Gasteiger partial charge in [-0.25, -0.2) is 18.7 Å². The highest BCUT2D eigenvalue weighted by Crippen LogP contribution is 2.29. The Kier molecular flexibility index (Phi) is 6.81. The molecule has 2 atom stereocenters. The second kappa shape index (κ2) is 9.61. The van der Waals surface area contributed by atoms with Crippen molar-refractivity contribution in [1.82, 2.24) is 20.2 Å². The summed E-state index contributed by atoms with van der Waals surface area (Å²) in [4.78, 5) is 23.7. The molecule has 1 aromatic heterocycles. The topological polar surface area (TPSA) is 93.4 Å². The van der Waals surface area contributed by atoms with Gasteiger partial charge in [0.1, 0.15) is 17.7 Å². The molecule has 3 N–H and O–H groups in total. The van der Waals surface area contributed by atoms with Crippen molar-refractivity contribution >= 4 is 23.1 Å². The molecule has 2 aliphatic heterocycles. The Morgan fingerprint density at radius 2 is 2.03 bits per heavy atom. The minimum atomic E-state index is -1.05. The lowest BCUT2D eigenvalue weighted by Crippen LogP contribution is -2.40. The Morgan fingerprint density at radius 1 is 1.30 bits per heavy atom. The molecule has 3 heterocycles. The maximum atomic E-state index is 14.1. The van der Waals surface area contributed by atoms with Crippen LogP contribution >= 0.6 is 11.6 Å². The molecule has 1 aromatic carbocycles. The first kappa shape index (κ1) is 23.4. The fourth-order valence-electron chi connectivity index (χ4n) is 4.07. The lowest BCUT2D eigenvalue weighted by molar-refractivity contribution is 0.0789. The van der Waals surface area contributed by atoms with Crippen LogP contribution in [0.1, 0.15) is 34.0 Å². The van der Waals surface area contributed by atoms with Gasteiger partial charge in [0.2, 0.25) is 0 Å². The smallest absolute Gasteiger partial charge is 0.258 e. The van der Waals surface area contributed by atoms with Crippen LogP contribution in [0.25, 0.3) is 5.57 Å². The number of piperidine rings is 1. The van der Waals surface area contributed by atoms with Crippen LogP contribution in [0.2, 0.25) is 5.02 Å². The van der Waals surface area contributed by atoms with Crippen LogP contribution in [0.3, 0.4) is 0 Å². The number of benzene rings is 1. The zero-order chi connectivity index (χ0) is 23.7. The number of hydrogen-bond acceptors (Lipinski definition) is 6. The molecule has 2 aliphatic rings. The Labute approximate surface area is 196 Å². The number of ether oxygens (including phenoxy) is 1. The summed E-state index contributed by atoms with van der Waals surface area (Å²) in [6.07, 6.45) is -0.446. The summed E-state index contributed by atoms with van der Waals surface area (Å²) >= 11 is 6.17. The van der Waals surface area contributed by atoms with Crippen LogP contribution in [0.4, 0.5) is 8.78 Å². The number of rotatable bonds is 5. The second-order valence-electron chi connectivity index (χ2n) is 8.42. The van der Waals surface area contributed by atoms with Crippen molar-refractivity contribution in [1.29, 1.82) is 0 Å². The maximum absolute atomic E-state index is 14.1. The molecule has 33 heavy (non-hydrogen) atoms. The van der Waals surface area contributed by atoms with E-state index in [4.69, 9.17) is 22.1 Å². The molecule has 1 fully saturated rings. The Hall–Kier alpha value is -2.78. The number of halogens is 3. The van der Waals surface area contributed by atoms with Gasteiger partial charge < -0.3 is 20.7 Å². The lowest BCUT2D eigenvalue weighted by atomic mass is 9.97. The number of nitrogens with one attached hydrogen (secondary N) is 1. The van der Waals surface area contributed by atoms with E-state index < -0.39 is 12.0 Å². The molecule has 0 radical (unpaired) electrons. The SMILES string of the molecule is Cc1nc(C2=C(N)CN(C(=O)c3ccc(F)cc3OCC3CCNC[C@@H]3F)C2)nc(C)c1Cl. The van der Waals surface area contributed by atoms with E-state index in [0.29, 0.717) is 46.5 Å². The van der Waals surface area contributed by atoms with Crippen molar-refractivity contribution in [2.75, 3.05) is 32.8 Å². The number of carbonyl (C=O) groups is 1. The van der Waals surface area contributed by atoms with Gasteiger partial charge in [0, 0.05) is 29.8 Å². The zero-order valence-corrected chi connectivity index (χ0v) is 19.3. The fraction of sp³-hybridized carbons (Fsp3) is 0.435. The summed E-state index contributed by atoms with van der Waals surface area (Å²) in [5.74, 6) is -0.706. The largest absolute Gasteiger partial charge is 0.492 e. The summed E-state index contributed by atoms with van der Waals surface area (Å²) in [5, 5.41) is 3.47. The van der Waals surface area contributed by atoms with Crippen molar-refractivity contribution in [3.63, 3.8) is 0 Å². The maximum Gasteiger partial charge on any atom is 0.258 e. The minimum Gasteiger partial charge on any atom is -0.492 e. The van der Waals surface area contributed by atoms with Crippen LogP contribution in [0, 0.1) is 25.6 Å². The van der Waals surface area contributed by atoms with Gasteiger partial charge in [-0.2, -0.15) is 0 Å². The number of aromatic nitrogens is 2. The van der Waals surface area contributed by atoms with Gasteiger partial charge in [0.15, 0.2) is 5.82 Å². The summed E-state index contributed by atoms with van der Waals surface area (Å²) in [5.41, 5.74) is 8.79. The van der Waals surface area contributed by atoms with E-state index in [1.165, 1.54) is 17.0 Å². The summed E-state index contributed by atoms with van der Waals surface area (Å²) in [7, 11) is 0. The van der Waals surface area contributed by atoms with Crippen molar-refractivity contribution in [2.24, 2.45) is 11.7 Å². The third-order valence-electron chi connectivity index (χ3n) is 6.01. The van der Waals surface area contributed by atoms with Crippen LogP contribution in [-0.4, -0.2) is 59.7 Å². The van der Waals surface area contributed by atoms with Gasteiger partial charge in [-0.1, -0.05) is 11.6 Å². The second-order valence-corrected chi connectivity index (χ2v) is 8.80. The van der Waals surface area contributed by atoms with Crippen molar-refractivity contribution < 1.29 is 18.3 Å². The predicted octanol–water partition coefficient (Wildman–Crippen LogP) is 3.04. The third-order valence-corrected chi connectivity index (χ3v) is 6.55. The molecule has 0 saturated carbocycles. The molecule has 0 bridgehead atoms. The lowest BCUT2D eigenvalue weighted by Gasteiger charge is -2.27. The molecule has 10 heteroatoms. The van der Waals surface area contributed by atoms with Gasteiger partial charge in [-0.3, -0.25) is 4.79 Å². The Morgan fingerprint density at radius 3 is 2.73 bits per heavy atom. The first-order chi connectivity index (χ1) is 15.7. The third kappa shape index (κ3) is 4.94. The molecule has 1 amide bonds. The highest BCUT2D eigenvalue weighted by atomic mass is 35.5. The molecule has 7 nitrogen and oxygen atoms in total. The van der Waals surface area contributed by atoms with E-state index in [9.17, 15) is 13.6 Å². The standard InChI is InChI=1S/C23H26ClF2N5O2/c1-12-21(24)13(2)30-22(29-12)17-9-31(10-19(17)27)23(32)16-4-3-15(25)7-20(16)33-11-14-5-6-28-8-18(14)26/h3-4,7,14,18,28H,5-6,8-11,27H2,1-2H3/t14?,18-/m0/s1. The van der Waals surface area contributed by atoms with Gasteiger partial charge in [-0.05, 0) is 38.9 Å². The number of carbonyl (C=O) groups excluding carboxylic acids is 1. The molecule has 1 saturated heterocycles. The van der Waals surface area contributed by atoms with Gasteiger partial charge >= 0.3 is 0 Å².